The smallest absolute Gasteiger partial charge is 0.160 e. The summed E-state index contributed by atoms with van der Waals surface area (Å²) < 4.78 is 0. The second-order valence-corrected chi connectivity index (χ2v) is 3.85. The Hall–Kier alpha value is -0.471. The molecule has 0 aliphatic heterocycles. The molecule has 1 aromatic heterocycles. The second-order valence-electron chi connectivity index (χ2n) is 3.04. The standard InChI is InChI=1S/C10H7Cl2NO.Mn/c1-5-2-3-6-7(11)4-8(12)10(14)9(6)13-5;/h2-4,14H,1H3;. The monoisotopic (exact) mass is 282 g/mol. The minimum Gasteiger partial charge on any atom is -0.504 e. The number of aromatic hydroxyl groups is 1. The van der Waals surface area contributed by atoms with E-state index < -0.39 is 0 Å². The van der Waals surface area contributed by atoms with Crippen LogP contribution in [0.1, 0.15) is 5.69 Å². The molecule has 0 unspecified atom stereocenters. The van der Waals surface area contributed by atoms with E-state index in [-0.39, 0.29) is 27.8 Å². The van der Waals surface area contributed by atoms with E-state index in [0.717, 1.165) is 5.69 Å². The summed E-state index contributed by atoms with van der Waals surface area (Å²) in [6.45, 7) is 1.84. The molecule has 2 rings (SSSR count). The third kappa shape index (κ3) is 2.21. The Morgan fingerprint density at radius 3 is 2.53 bits per heavy atom. The van der Waals surface area contributed by atoms with Crippen LogP contribution >= 0.6 is 23.2 Å². The molecule has 1 heterocycles. The largest absolute Gasteiger partial charge is 0.504 e. The van der Waals surface area contributed by atoms with Gasteiger partial charge in [-0.15, -0.1) is 0 Å². The molecule has 1 N–H and O–H groups in total. The number of phenolic OH excluding ortho intramolecular Hbond substituents is 1. The van der Waals surface area contributed by atoms with Gasteiger partial charge in [-0.3, -0.25) is 0 Å². The van der Waals surface area contributed by atoms with Gasteiger partial charge in [0.15, 0.2) is 5.75 Å². The molecule has 1 radical (unpaired) electrons. The van der Waals surface area contributed by atoms with Crippen LogP contribution in [0.4, 0.5) is 0 Å². The van der Waals surface area contributed by atoms with Crippen molar-refractivity contribution in [3.8, 4) is 5.75 Å². The van der Waals surface area contributed by atoms with Gasteiger partial charge in [-0.05, 0) is 25.1 Å². The Labute approximate surface area is 108 Å². The maximum atomic E-state index is 9.65. The van der Waals surface area contributed by atoms with Crippen molar-refractivity contribution < 1.29 is 22.2 Å². The Morgan fingerprint density at radius 2 is 1.87 bits per heavy atom. The van der Waals surface area contributed by atoms with Crippen LogP contribution in [0.5, 0.6) is 5.75 Å². The number of pyridine rings is 1. The van der Waals surface area contributed by atoms with Gasteiger partial charge >= 0.3 is 0 Å². The summed E-state index contributed by atoms with van der Waals surface area (Å²) in [5, 5.41) is 11.1. The van der Waals surface area contributed by atoms with Crippen molar-refractivity contribution in [1.29, 1.82) is 0 Å². The molecule has 2 nitrogen and oxygen atoms in total. The van der Waals surface area contributed by atoms with Crippen LogP contribution in [0.15, 0.2) is 18.2 Å². The minimum absolute atomic E-state index is 0. The van der Waals surface area contributed by atoms with Gasteiger partial charge < -0.3 is 5.11 Å². The van der Waals surface area contributed by atoms with E-state index in [1.54, 1.807) is 0 Å². The molecule has 0 bridgehead atoms. The molecule has 0 fully saturated rings. The zero-order chi connectivity index (χ0) is 10.3. The summed E-state index contributed by atoms with van der Waals surface area (Å²) in [6, 6.07) is 5.16. The maximum Gasteiger partial charge on any atom is 0.160 e. The van der Waals surface area contributed by atoms with Crippen LogP contribution in [0.2, 0.25) is 10.0 Å². The fourth-order valence-corrected chi connectivity index (χ4v) is 1.82. The number of aromatic nitrogens is 1. The predicted octanol–water partition coefficient (Wildman–Crippen LogP) is 3.55. The van der Waals surface area contributed by atoms with Crippen molar-refractivity contribution in [2.24, 2.45) is 0 Å². The van der Waals surface area contributed by atoms with Gasteiger partial charge in [0.1, 0.15) is 5.52 Å². The summed E-state index contributed by atoms with van der Waals surface area (Å²) >= 11 is 11.7. The number of phenols is 1. The van der Waals surface area contributed by atoms with E-state index in [4.69, 9.17) is 23.2 Å². The molecule has 0 spiro atoms. The van der Waals surface area contributed by atoms with Crippen molar-refractivity contribution in [3.63, 3.8) is 0 Å². The number of nitrogens with zero attached hydrogens (tertiary/aromatic N) is 1. The zero-order valence-electron chi connectivity index (χ0n) is 7.76. The quantitative estimate of drug-likeness (QED) is 0.750. The SMILES string of the molecule is Cc1ccc2c(Cl)cc(Cl)c(O)c2n1.[Mn]. The molecule has 0 saturated heterocycles. The maximum absolute atomic E-state index is 9.65. The van der Waals surface area contributed by atoms with Crippen LogP contribution in [-0.2, 0) is 17.1 Å². The van der Waals surface area contributed by atoms with Crippen molar-refractivity contribution in [2.45, 2.75) is 6.92 Å². The van der Waals surface area contributed by atoms with Crippen LogP contribution in [-0.4, -0.2) is 10.1 Å². The fraction of sp³-hybridized carbons (Fsp3) is 0.100. The normalized spacial score (nSPS) is 10.1. The van der Waals surface area contributed by atoms with Gasteiger partial charge in [0.05, 0.1) is 10.0 Å². The Kier molecular flexibility index (Phi) is 3.85. The van der Waals surface area contributed by atoms with Crippen LogP contribution in [0.3, 0.4) is 0 Å². The number of aryl methyl sites for hydroxylation is 1. The Morgan fingerprint density at radius 1 is 1.20 bits per heavy atom. The molecule has 0 aliphatic carbocycles. The third-order valence-corrected chi connectivity index (χ3v) is 2.60. The second kappa shape index (κ2) is 4.58. The fourth-order valence-electron chi connectivity index (χ4n) is 1.30. The number of halogens is 2. The van der Waals surface area contributed by atoms with Crippen LogP contribution < -0.4 is 0 Å². The molecule has 0 atom stereocenters. The Bertz CT molecular complexity index is 516. The molecule has 2 aromatic rings. The number of benzene rings is 1. The number of hydrogen-bond donors (Lipinski definition) is 1. The predicted molar refractivity (Wildman–Crippen MR) is 58.2 cm³/mol. The van der Waals surface area contributed by atoms with Crippen molar-refractivity contribution in [3.05, 3.63) is 33.9 Å². The third-order valence-electron chi connectivity index (χ3n) is 2.00. The molecule has 79 valence electrons. The molecular weight excluding hydrogens is 276 g/mol. The average Bonchev–Trinajstić information content (AvgIpc) is 2.14. The number of fused-ring (bicyclic) bond motifs is 1. The molecule has 0 amide bonds. The van der Waals surface area contributed by atoms with E-state index in [1.807, 2.05) is 19.1 Å². The van der Waals surface area contributed by atoms with E-state index in [9.17, 15) is 5.11 Å². The van der Waals surface area contributed by atoms with Gasteiger partial charge in [0, 0.05) is 28.1 Å². The molecule has 1 aromatic carbocycles. The minimum atomic E-state index is -0.0187. The van der Waals surface area contributed by atoms with E-state index in [2.05, 4.69) is 4.98 Å². The van der Waals surface area contributed by atoms with E-state index in [1.165, 1.54) is 6.07 Å². The molecule has 0 aliphatic rings. The molecule has 0 saturated carbocycles. The van der Waals surface area contributed by atoms with Crippen molar-refractivity contribution >= 4 is 34.1 Å². The van der Waals surface area contributed by atoms with Gasteiger partial charge in [-0.25, -0.2) is 4.98 Å². The number of hydrogen-bond acceptors (Lipinski definition) is 2. The van der Waals surface area contributed by atoms with E-state index in [0.29, 0.717) is 15.9 Å². The first kappa shape index (κ1) is 12.6. The van der Waals surface area contributed by atoms with Crippen molar-refractivity contribution in [2.75, 3.05) is 0 Å². The zero-order valence-corrected chi connectivity index (χ0v) is 10.5. The summed E-state index contributed by atoms with van der Waals surface area (Å²) in [7, 11) is 0. The Balaban J connectivity index is 0.00000112. The van der Waals surface area contributed by atoms with Crippen molar-refractivity contribution in [1.82, 2.24) is 4.98 Å². The summed E-state index contributed by atoms with van der Waals surface area (Å²) in [4.78, 5) is 4.18. The van der Waals surface area contributed by atoms with Gasteiger partial charge in [-0.1, -0.05) is 23.2 Å². The first-order chi connectivity index (χ1) is 6.59. The first-order valence-electron chi connectivity index (χ1n) is 4.04. The molecular formula is C10H7Cl2MnNO. The van der Waals surface area contributed by atoms with Crippen LogP contribution in [0, 0.1) is 6.92 Å². The average molecular weight is 283 g/mol. The van der Waals surface area contributed by atoms with Gasteiger partial charge in [0.2, 0.25) is 0 Å². The van der Waals surface area contributed by atoms with Crippen LogP contribution in [0.25, 0.3) is 10.9 Å². The summed E-state index contributed by atoms with van der Waals surface area (Å²) in [5.74, 6) is -0.0187. The van der Waals surface area contributed by atoms with Gasteiger partial charge in [-0.2, -0.15) is 0 Å². The van der Waals surface area contributed by atoms with Gasteiger partial charge in [0.25, 0.3) is 0 Å². The molecule has 5 heteroatoms. The summed E-state index contributed by atoms with van der Waals surface area (Å²) in [6.07, 6.45) is 0. The first-order valence-corrected chi connectivity index (χ1v) is 4.79. The topological polar surface area (TPSA) is 33.1 Å². The summed E-state index contributed by atoms with van der Waals surface area (Å²) in [5.41, 5.74) is 1.26. The van der Waals surface area contributed by atoms with E-state index >= 15 is 0 Å². The number of rotatable bonds is 0. The molecule has 15 heavy (non-hydrogen) atoms.